The highest BCUT2D eigenvalue weighted by Crippen LogP contribution is 2.17. The minimum atomic E-state index is -0.415. The fourth-order valence-corrected chi connectivity index (χ4v) is 1.17. The Morgan fingerprint density at radius 3 is 2.17 bits per heavy atom. The Morgan fingerprint density at radius 2 is 1.75 bits per heavy atom. The van der Waals surface area contributed by atoms with E-state index >= 15 is 0 Å². The largest absolute Gasteiger partial charge is 0.197 e. The molecule has 0 aliphatic rings. The highest BCUT2D eigenvalue weighted by Gasteiger charge is 2.14. The van der Waals surface area contributed by atoms with E-state index in [0.717, 1.165) is 12.8 Å². The summed E-state index contributed by atoms with van der Waals surface area (Å²) in [6.45, 7) is 4.13. The van der Waals surface area contributed by atoms with Crippen molar-refractivity contribution in [1.82, 2.24) is 0 Å². The van der Waals surface area contributed by atoms with E-state index in [4.69, 9.17) is 10.5 Å². The summed E-state index contributed by atoms with van der Waals surface area (Å²) in [6.07, 6.45) is 4.53. The maximum atomic E-state index is 8.58. The summed E-state index contributed by atoms with van der Waals surface area (Å²) in [4.78, 5) is 0. The number of rotatable bonds is 5. The van der Waals surface area contributed by atoms with E-state index in [0.29, 0.717) is 0 Å². The molecule has 0 aromatic heterocycles. The first-order valence-electron chi connectivity index (χ1n) is 4.55. The molecule has 0 amide bonds. The van der Waals surface area contributed by atoms with Crippen LogP contribution in [-0.4, -0.2) is 0 Å². The van der Waals surface area contributed by atoms with Gasteiger partial charge in [0.05, 0.1) is 12.1 Å². The molecule has 0 N–H and O–H groups in total. The average Bonchev–Trinajstić information content (AvgIpc) is 2.07. The van der Waals surface area contributed by atoms with E-state index in [1.165, 1.54) is 12.8 Å². The number of nitrogens with zero attached hydrogens (tertiary/aromatic N) is 2. The fourth-order valence-electron chi connectivity index (χ4n) is 1.17. The number of unbranched alkanes of at least 4 members (excludes halogenated alkanes) is 2. The zero-order valence-corrected chi connectivity index (χ0v) is 7.88. The lowest BCUT2D eigenvalue weighted by molar-refractivity contribution is 0.449. The van der Waals surface area contributed by atoms with E-state index in [1.807, 2.05) is 19.1 Å². The summed E-state index contributed by atoms with van der Waals surface area (Å²) in [5, 5.41) is 17.2. The maximum Gasteiger partial charge on any atom is 0.135 e. The van der Waals surface area contributed by atoms with Crippen molar-refractivity contribution in [3.05, 3.63) is 0 Å². The number of hydrogen-bond donors (Lipinski definition) is 0. The van der Waals surface area contributed by atoms with Crippen molar-refractivity contribution in [3.8, 4) is 12.1 Å². The number of nitriles is 2. The lowest BCUT2D eigenvalue weighted by Gasteiger charge is -2.09. The summed E-state index contributed by atoms with van der Waals surface area (Å²) in [7, 11) is 0. The molecule has 2 heteroatoms. The standard InChI is InChI=1S/C10H16N2/c1-3-4-5-6-9(2)10(7-11)8-12/h9-10H,3-6H2,1-2H3. The highest BCUT2D eigenvalue weighted by atomic mass is 14.3. The minimum Gasteiger partial charge on any atom is -0.197 e. The van der Waals surface area contributed by atoms with E-state index in [-0.39, 0.29) is 5.92 Å². The highest BCUT2D eigenvalue weighted by molar-refractivity contribution is 5.01. The zero-order chi connectivity index (χ0) is 9.40. The lowest BCUT2D eigenvalue weighted by atomic mass is 9.91. The van der Waals surface area contributed by atoms with Crippen LogP contribution in [-0.2, 0) is 0 Å². The quantitative estimate of drug-likeness (QED) is 0.586. The van der Waals surface area contributed by atoms with Gasteiger partial charge in [-0.05, 0) is 12.3 Å². The Kier molecular flexibility index (Phi) is 6.11. The van der Waals surface area contributed by atoms with Crippen LogP contribution in [0.25, 0.3) is 0 Å². The number of hydrogen-bond acceptors (Lipinski definition) is 2. The Hall–Kier alpha value is -1.02. The van der Waals surface area contributed by atoms with Crippen LogP contribution in [0.1, 0.15) is 39.5 Å². The minimum absolute atomic E-state index is 0.228. The molecule has 0 saturated carbocycles. The van der Waals surface area contributed by atoms with Crippen LogP contribution < -0.4 is 0 Å². The molecule has 0 bridgehead atoms. The van der Waals surface area contributed by atoms with Crippen LogP contribution in [0.2, 0.25) is 0 Å². The molecule has 12 heavy (non-hydrogen) atoms. The molecule has 0 aliphatic heterocycles. The Balaban J connectivity index is 3.65. The molecule has 0 aromatic rings. The van der Waals surface area contributed by atoms with Gasteiger partial charge in [-0.3, -0.25) is 0 Å². The third-order valence-corrected chi connectivity index (χ3v) is 2.11. The molecular formula is C10H16N2. The van der Waals surface area contributed by atoms with Gasteiger partial charge in [0.25, 0.3) is 0 Å². The van der Waals surface area contributed by atoms with Crippen LogP contribution in [0.3, 0.4) is 0 Å². The van der Waals surface area contributed by atoms with Crippen molar-refractivity contribution in [1.29, 1.82) is 10.5 Å². The Labute approximate surface area is 74.8 Å². The van der Waals surface area contributed by atoms with E-state index < -0.39 is 5.92 Å². The molecule has 0 rings (SSSR count). The van der Waals surface area contributed by atoms with Crippen LogP contribution in [0.4, 0.5) is 0 Å². The molecule has 0 aromatic carbocycles. The molecule has 0 heterocycles. The first kappa shape index (κ1) is 11.0. The second kappa shape index (κ2) is 6.68. The molecule has 1 unspecified atom stereocenters. The van der Waals surface area contributed by atoms with E-state index in [2.05, 4.69) is 6.92 Å². The smallest absolute Gasteiger partial charge is 0.135 e. The summed E-state index contributed by atoms with van der Waals surface area (Å²) >= 11 is 0. The molecule has 0 fully saturated rings. The van der Waals surface area contributed by atoms with Crippen LogP contribution >= 0.6 is 0 Å². The van der Waals surface area contributed by atoms with Gasteiger partial charge in [0.15, 0.2) is 0 Å². The predicted octanol–water partition coefficient (Wildman–Crippen LogP) is 2.87. The van der Waals surface area contributed by atoms with Gasteiger partial charge in [-0.25, -0.2) is 0 Å². The van der Waals surface area contributed by atoms with Gasteiger partial charge < -0.3 is 0 Å². The van der Waals surface area contributed by atoms with Crippen molar-refractivity contribution < 1.29 is 0 Å². The van der Waals surface area contributed by atoms with Gasteiger partial charge in [0, 0.05) is 0 Å². The molecular weight excluding hydrogens is 148 g/mol. The molecule has 0 aliphatic carbocycles. The zero-order valence-electron chi connectivity index (χ0n) is 7.88. The third kappa shape index (κ3) is 3.98. The van der Waals surface area contributed by atoms with Crippen LogP contribution in [0.5, 0.6) is 0 Å². The normalized spacial score (nSPS) is 12.1. The van der Waals surface area contributed by atoms with Crippen molar-refractivity contribution in [2.24, 2.45) is 11.8 Å². The monoisotopic (exact) mass is 164 g/mol. The second-order valence-corrected chi connectivity index (χ2v) is 3.21. The average molecular weight is 164 g/mol. The van der Waals surface area contributed by atoms with Gasteiger partial charge in [0.2, 0.25) is 0 Å². The molecule has 1 atom stereocenters. The van der Waals surface area contributed by atoms with E-state index in [9.17, 15) is 0 Å². The molecule has 66 valence electrons. The van der Waals surface area contributed by atoms with Crippen molar-refractivity contribution >= 4 is 0 Å². The second-order valence-electron chi connectivity index (χ2n) is 3.21. The topological polar surface area (TPSA) is 47.6 Å². The lowest BCUT2D eigenvalue weighted by Crippen LogP contribution is -2.06. The molecule has 2 nitrogen and oxygen atoms in total. The van der Waals surface area contributed by atoms with Crippen LogP contribution in [0, 0.1) is 34.5 Å². The van der Waals surface area contributed by atoms with Gasteiger partial charge >= 0.3 is 0 Å². The Bertz CT molecular complexity index is 171. The van der Waals surface area contributed by atoms with Gasteiger partial charge in [-0.1, -0.05) is 33.1 Å². The van der Waals surface area contributed by atoms with E-state index in [1.54, 1.807) is 0 Å². The molecule has 0 spiro atoms. The first-order valence-corrected chi connectivity index (χ1v) is 4.55. The van der Waals surface area contributed by atoms with Gasteiger partial charge in [0.1, 0.15) is 5.92 Å². The van der Waals surface area contributed by atoms with Gasteiger partial charge in [-0.15, -0.1) is 0 Å². The summed E-state index contributed by atoms with van der Waals surface area (Å²) < 4.78 is 0. The SMILES string of the molecule is CCCCCC(C)C(C#N)C#N. The van der Waals surface area contributed by atoms with Gasteiger partial charge in [-0.2, -0.15) is 10.5 Å². The molecule has 0 saturated heterocycles. The molecule has 0 radical (unpaired) electrons. The first-order chi connectivity index (χ1) is 5.76. The predicted molar refractivity (Wildman–Crippen MR) is 48.0 cm³/mol. The van der Waals surface area contributed by atoms with Crippen molar-refractivity contribution in [2.75, 3.05) is 0 Å². The summed E-state index contributed by atoms with van der Waals surface area (Å²) in [6, 6.07) is 4.03. The van der Waals surface area contributed by atoms with Crippen molar-refractivity contribution in [2.45, 2.75) is 39.5 Å². The summed E-state index contributed by atoms with van der Waals surface area (Å²) in [5.41, 5.74) is 0. The third-order valence-electron chi connectivity index (χ3n) is 2.11. The maximum absolute atomic E-state index is 8.58. The van der Waals surface area contributed by atoms with Crippen molar-refractivity contribution in [3.63, 3.8) is 0 Å². The fraction of sp³-hybridized carbons (Fsp3) is 0.800. The van der Waals surface area contributed by atoms with Crippen LogP contribution in [0.15, 0.2) is 0 Å². The Morgan fingerprint density at radius 1 is 1.17 bits per heavy atom. The summed E-state index contributed by atoms with van der Waals surface area (Å²) in [5.74, 6) is -0.187.